The van der Waals surface area contributed by atoms with Gasteiger partial charge in [-0.05, 0) is 42.8 Å². The molecule has 0 spiro atoms. The van der Waals surface area contributed by atoms with E-state index in [1.807, 2.05) is 0 Å². The van der Waals surface area contributed by atoms with E-state index >= 15 is 0 Å². The van der Waals surface area contributed by atoms with Crippen LogP contribution in [0.1, 0.15) is 25.3 Å². The Morgan fingerprint density at radius 2 is 2.06 bits per heavy atom. The van der Waals surface area contributed by atoms with Crippen molar-refractivity contribution in [2.24, 2.45) is 5.73 Å². The highest BCUT2D eigenvalue weighted by Crippen LogP contribution is 2.21. The number of para-hydroxylation sites is 1. The lowest BCUT2D eigenvalue weighted by Gasteiger charge is -2.08. The van der Waals surface area contributed by atoms with E-state index in [1.165, 1.54) is 22.9 Å². The van der Waals surface area contributed by atoms with Crippen molar-refractivity contribution in [3.05, 3.63) is 36.0 Å². The van der Waals surface area contributed by atoms with E-state index in [9.17, 15) is 0 Å². The van der Waals surface area contributed by atoms with Crippen molar-refractivity contribution in [2.45, 2.75) is 32.7 Å². The summed E-state index contributed by atoms with van der Waals surface area (Å²) in [5.74, 6) is 0. The molecule has 0 bridgehead atoms. The predicted molar refractivity (Wildman–Crippen MR) is 69.6 cm³/mol. The van der Waals surface area contributed by atoms with Gasteiger partial charge in [-0.3, -0.25) is 0 Å². The van der Waals surface area contributed by atoms with Crippen molar-refractivity contribution in [3.8, 4) is 0 Å². The molecule has 0 aliphatic heterocycles. The van der Waals surface area contributed by atoms with Gasteiger partial charge in [0.2, 0.25) is 0 Å². The lowest BCUT2D eigenvalue weighted by atomic mass is 10.1. The minimum atomic E-state index is 0.792. The molecule has 1 aromatic carbocycles. The van der Waals surface area contributed by atoms with Crippen LogP contribution in [0, 0.1) is 0 Å². The van der Waals surface area contributed by atoms with Crippen molar-refractivity contribution in [3.63, 3.8) is 0 Å². The quantitative estimate of drug-likeness (QED) is 0.765. The molecule has 1 heterocycles. The Kier molecular flexibility index (Phi) is 3.62. The molecule has 16 heavy (non-hydrogen) atoms. The van der Waals surface area contributed by atoms with Gasteiger partial charge >= 0.3 is 0 Å². The van der Waals surface area contributed by atoms with Gasteiger partial charge in [0.1, 0.15) is 0 Å². The normalized spacial score (nSPS) is 11.1. The highest BCUT2D eigenvalue weighted by Gasteiger charge is 2.04. The van der Waals surface area contributed by atoms with Gasteiger partial charge in [0.05, 0.1) is 5.52 Å². The fourth-order valence-electron chi connectivity index (χ4n) is 2.24. The Balaban J connectivity index is 2.30. The number of nitrogens with zero attached hydrogens (tertiary/aromatic N) is 1. The highest BCUT2D eigenvalue weighted by molar-refractivity contribution is 5.83. The molecular formula is C14H20N2. The first kappa shape index (κ1) is 11.2. The molecule has 2 rings (SSSR count). The molecule has 0 saturated carbocycles. The molecule has 0 aliphatic carbocycles. The van der Waals surface area contributed by atoms with Gasteiger partial charge in [-0.15, -0.1) is 0 Å². The van der Waals surface area contributed by atoms with E-state index in [1.54, 1.807) is 0 Å². The standard InChI is InChI=1S/C14H20N2/c1-2-12-6-5-7-13-8-11-16(14(12)13)10-4-3-9-15/h5-8,11H,2-4,9-10,15H2,1H3. The molecular weight excluding hydrogens is 196 g/mol. The molecule has 0 amide bonds. The maximum atomic E-state index is 5.53. The van der Waals surface area contributed by atoms with Crippen LogP contribution in [-0.2, 0) is 13.0 Å². The van der Waals surface area contributed by atoms with Crippen molar-refractivity contribution < 1.29 is 0 Å². The van der Waals surface area contributed by atoms with Crippen LogP contribution < -0.4 is 5.73 Å². The summed E-state index contributed by atoms with van der Waals surface area (Å²) in [6.45, 7) is 4.09. The Labute approximate surface area is 97.1 Å². The Morgan fingerprint density at radius 3 is 2.81 bits per heavy atom. The van der Waals surface area contributed by atoms with Crippen LogP contribution in [0.4, 0.5) is 0 Å². The summed E-state index contributed by atoms with van der Waals surface area (Å²) < 4.78 is 2.36. The second-order valence-corrected chi connectivity index (χ2v) is 4.21. The third-order valence-electron chi connectivity index (χ3n) is 3.11. The van der Waals surface area contributed by atoms with Crippen LogP contribution in [0.2, 0.25) is 0 Å². The number of hydrogen-bond acceptors (Lipinski definition) is 1. The lowest BCUT2D eigenvalue weighted by Crippen LogP contribution is -2.03. The summed E-state index contributed by atoms with van der Waals surface area (Å²) in [4.78, 5) is 0. The van der Waals surface area contributed by atoms with Crippen molar-refractivity contribution in [1.82, 2.24) is 4.57 Å². The SMILES string of the molecule is CCc1cccc2ccn(CCCCN)c12. The molecule has 0 aliphatic rings. The number of rotatable bonds is 5. The lowest BCUT2D eigenvalue weighted by molar-refractivity contribution is 0.629. The van der Waals surface area contributed by atoms with Gasteiger partial charge in [0.15, 0.2) is 0 Å². The minimum Gasteiger partial charge on any atom is -0.347 e. The third-order valence-corrected chi connectivity index (χ3v) is 3.11. The topological polar surface area (TPSA) is 30.9 Å². The average Bonchev–Trinajstić information content (AvgIpc) is 2.73. The molecule has 0 saturated heterocycles. The molecule has 2 nitrogen and oxygen atoms in total. The summed E-state index contributed by atoms with van der Waals surface area (Å²) in [6, 6.07) is 8.76. The largest absolute Gasteiger partial charge is 0.347 e. The minimum absolute atomic E-state index is 0.792. The Hall–Kier alpha value is -1.28. The summed E-state index contributed by atoms with van der Waals surface area (Å²) in [6.07, 6.45) is 5.56. The molecule has 86 valence electrons. The zero-order chi connectivity index (χ0) is 11.4. The number of benzene rings is 1. The highest BCUT2D eigenvalue weighted by atomic mass is 14.9. The van der Waals surface area contributed by atoms with E-state index < -0.39 is 0 Å². The number of nitrogens with two attached hydrogens (primary N) is 1. The Morgan fingerprint density at radius 1 is 1.19 bits per heavy atom. The average molecular weight is 216 g/mol. The number of aromatic nitrogens is 1. The van der Waals surface area contributed by atoms with E-state index in [-0.39, 0.29) is 0 Å². The predicted octanol–water partition coefficient (Wildman–Crippen LogP) is 2.94. The van der Waals surface area contributed by atoms with E-state index in [2.05, 4.69) is 42.0 Å². The number of hydrogen-bond donors (Lipinski definition) is 1. The fraction of sp³-hybridized carbons (Fsp3) is 0.429. The Bertz CT molecular complexity index is 457. The van der Waals surface area contributed by atoms with Gasteiger partial charge in [-0.1, -0.05) is 25.1 Å². The van der Waals surface area contributed by atoms with Gasteiger partial charge in [-0.2, -0.15) is 0 Å². The first-order valence-electron chi connectivity index (χ1n) is 6.13. The molecule has 0 radical (unpaired) electrons. The zero-order valence-electron chi connectivity index (χ0n) is 9.95. The maximum absolute atomic E-state index is 5.53. The molecule has 0 unspecified atom stereocenters. The third kappa shape index (κ3) is 2.12. The van der Waals surface area contributed by atoms with E-state index in [0.717, 1.165) is 25.9 Å². The second-order valence-electron chi connectivity index (χ2n) is 4.21. The summed E-state index contributed by atoms with van der Waals surface area (Å²) in [5.41, 5.74) is 8.37. The van der Waals surface area contributed by atoms with Gasteiger partial charge in [0.25, 0.3) is 0 Å². The molecule has 2 N–H and O–H groups in total. The number of unbranched alkanes of at least 4 members (excludes halogenated alkanes) is 1. The zero-order valence-corrected chi connectivity index (χ0v) is 9.95. The summed E-state index contributed by atoms with van der Waals surface area (Å²) >= 11 is 0. The van der Waals surface area contributed by atoms with Crippen LogP contribution in [0.25, 0.3) is 10.9 Å². The molecule has 2 aromatic rings. The summed E-state index contributed by atoms with van der Waals surface area (Å²) in [7, 11) is 0. The fourth-order valence-corrected chi connectivity index (χ4v) is 2.24. The van der Waals surface area contributed by atoms with Crippen LogP contribution >= 0.6 is 0 Å². The van der Waals surface area contributed by atoms with Crippen molar-refractivity contribution in [1.29, 1.82) is 0 Å². The van der Waals surface area contributed by atoms with Crippen molar-refractivity contribution in [2.75, 3.05) is 6.54 Å². The number of fused-ring (bicyclic) bond motifs is 1. The van der Waals surface area contributed by atoms with Gasteiger partial charge in [-0.25, -0.2) is 0 Å². The monoisotopic (exact) mass is 216 g/mol. The molecule has 0 atom stereocenters. The summed E-state index contributed by atoms with van der Waals surface area (Å²) in [5, 5.41) is 1.35. The van der Waals surface area contributed by atoms with Crippen LogP contribution in [0.3, 0.4) is 0 Å². The molecule has 0 fully saturated rings. The van der Waals surface area contributed by atoms with E-state index in [4.69, 9.17) is 5.73 Å². The van der Waals surface area contributed by atoms with Crippen molar-refractivity contribution >= 4 is 10.9 Å². The first-order chi connectivity index (χ1) is 7.86. The first-order valence-corrected chi connectivity index (χ1v) is 6.13. The number of aryl methyl sites for hydroxylation is 2. The maximum Gasteiger partial charge on any atom is 0.0512 e. The van der Waals surface area contributed by atoms with E-state index in [0.29, 0.717) is 0 Å². The van der Waals surface area contributed by atoms with Gasteiger partial charge < -0.3 is 10.3 Å². The van der Waals surface area contributed by atoms with Crippen LogP contribution in [0.15, 0.2) is 30.5 Å². The second kappa shape index (κ2) is 5.17. The van der Waals surface area contributed by atoms with Crippen LogP contribution in [-0.4, -0.2) is 11.1 Å². The van der Waals surface area contributed by atoms with Gasteiger partial charge in [0, 0.05) is 12.7 Å². The van der Waals surface area contributed by atoms with Crippen LogP contribution in [0.5, 0.6) is 0 Å². The molecule has 2 heteroatoms. The smallest absolute Gasteiger partial charge is 0.0512 e. The molecule has 1 aromatic heterocycles.